The van der Waals surface area contributed by atoms with Crippen molar-refractivity contribution in [3.05, 3.63) is 65.5 Å². The molecule has 2 aromatic carbocycles. The molecule has 0 unspecified atom stereocenters. The average Bonchev–Trinajstić information content (AvgIpc) is 3.11. The first-order chi connectivity index (χ1) is 12.7. The molecule has 0 bridgehead atoms. The second-order valence-electron chi connectivity index (χ2n) is 5.55. The minimum atomic E-state index is -0.206. The van der Waals surface area contributed by atoms with Gasteiger partial charge in [0.05, 0.1) is 12.7 Å². The summed E-state index contributed by atoms with van der Waals surface area (Å²) in [5, 5.41) is 5.05. The van der Waals surface area contributed by atoms with E-state index in [4.69, 9.17) is 4.74 Å². The fourth-order valence-electron chi connectivity index (χ4n) is 2.66. The van der Waals surface area contributed by atoms with Crippen LogP contribution in [0, 0.1) is 0 Å². The van der Waals surface area contributed by atoms with Crippen LogP contribution in [0.5, 0.6) is 5.75 Å². The molecular weight excluding hydrogens is 348 g/mol. The van der Waals surface area contributed by atoms with Gasteiger partial charge < -0.3 is 15.0 Å². The summed E-state index contributed by atoms with van der Waals surface area (Å²) in [6, 6.07) is 16.9. The zero-order valence-electron chi connectivity index (χ0n) is 14.4. The van der Waals surface area contributed by atoms with E-state index in [0.29, 0.717) is 28.4 Å². The van der Waals surface area contributed by atoms with Crippen molar-refractivity contribution >= 4 is 34.3 Å². The van der Waals surface area contributed by atoms with Crippen LogP contribution in [-0.4, -0.2) is 26.5 Å². The van der Waals surface area contributed by atoms with Gasteiger partial charge in [0.2, 0.25) is 6.41 Å². The van der Waals surface area contributed by atoms with Crippen LogP contribution in [0.4, 0.5) is 10.7 Å². The quantitative estimate of drug-likeness (QED) is 0.663. The van der Waals surface area contributed by atoms with Crippen LogP contribution in [0.2, 0.25) is 0 Å². The Morgan fingerprint density at radius 1 is 1.15 bits per heavy atom. The Bertz CT molecular complexity index is 922. The smallest absolute Gasteiger partial charge is 0.261 e. The number of nitrogens with zero attached hydrogens (tertiary/aromatic N) is 1. The van der Waals surface area contributed by atoms with Crippen molar-refractivity contribution in [3.8, 4) is 16.9 Å². The van der Waals surface area contributed by atoms with Gasteiger partial charge in [0, 0.05) is 29.7 Å². The number of benzene rings is 2. The van der Waals surface area contributed by atoms with Gasteiger partial charge in [0.15, 0.2) is 0 Å². The Morgan fingerprint density at radius 2 is 1.92 bits per heavy atom. The molecule has 3 aromatic rings. The lowest BCUT2D eigenvalue weighted by molar-refractivity contribution is -0.105. The van der Waals surface area contributed by atoms with E-state index in [9.17, 15) is 9.59 Å². The van der Waals surface area contributed by atoms with Crippen molar-refractivity contribution in [2.24, 2.45) is 0 Å². The Labute approximate surface area is 155 Å². The van der Waals surface area contributed by atoms with E-state index in [0.717, 1.165) is 11.1 Å². The molecule has 3 rings (SSSR count). The van der Waals surface area contributed by atoms with Crippen LogP contribution in [0.25, 0.3) is 11.1 Å². The van der Waals surface area contributed by atoms with Crippen LogP contribution < -0.4 is 15.0 Å². The molecule has 0 saturated heterocycles. The number of hydrogen-bond acceptors (Lipinski definition) is 4. The van der Waals surface area contributed by atoms with Crippen LogP contribution in [0.3, 0.4) is 0 Å². The summed E-state index contributed by atoms with van der Waals surface area (Å²) in [5.41, 5.74) is 2.89. The highest BCUT2D eigenvalue weighted by atomic mass is 32.1. The van der Waals surface area contributed by atoms with Gasteiger partial charge in [0.1, 0.15) is 10.8 Å². The summed E-state index contributed by atoms with van der Waals surface area (Å²) < 4.78 is 5.24. The minimum Gasteiger partial charge on any atom is -0.497 e. The molecule has 6 heteroatoms. The first-order valence-corrected chi connectivity index (χ1v) is 8.83. The van der Waals surface area contributed by atoms with E-state index in [1.165, 1.54) is 11.3 Å². The number of hydrogen-bond donors (Lipinski definition) is 1. The highest BCUT2D eigenvalue weighted by Gasteiger charge is 2.24. The molecule has 0 aliphatic carbocycles. The SMILES string of the molecule is COc1cccc(N(C)C(=O)c2c(-c3ccccc3)csc2NC=O)c1. The molecule has 1 heterocycles. The van der Waals surface area contributed by atoms with Crippen LogP contribution in [-0.2, 0) is 4.79 Å². The molecule has 0 fully saturated rings. The highest BCUT2D eigenvalue weighted by molar-refractivity contribution is 7.15. The maximum Gasteiger partial charge on any atom is 0.261 e. The van der Waals surface area contributed by atoms with E-state index in [1.54, 1.807) is 25.1 Å². The third-order valence-electron chi connectivity index (χ3n) is 4.02. The molecule has 0 saturated carbocycles. The molecule has 0 spiro atoms. The molecule has 26 heavy (non-hydrogen) atoms. The number of anilines is 2. The second-order valence-corrected chi connectivity index (χ2v) is 6.43. The Hall–Kier alpha value is -3.12. The van der Waals surface area contributed by atoms with E-state index >= 15 is 0 Å². The van der Waals surface area contributed by atoms with Crippen LogP contribution in [0.15, 0.2) is 60.0 Å². The van der Waals surface area contributed by atoms with Gasteiger partial charge in [-0.1, -0.05) is 36.4 Å². The monoisotopic (exact) mass is 366 g/mol. The first-order valence-electron chi connectivity index (χ1n) is 7.95. The molecule has 132 valence electrons. The van der Waals surface area contributed by atoms with Gasteiger partial charge >= 0.3 is 0 Å². The van der Waals surface area contributed by atoms with Gasteiger partial charge in [-0.25, -0.2) is 0 Å². The van der Waals surface area contributed by atoms with Crippen molar-refractivity contribution < 1.29 is 14.3 Å². The van der Waals surface area contributed by atoms with Crippen LogP contribution in [0.1, 0.15) is 10.4 Å². The zero-order chi connectivity index (χ0) is 18.5. The number of ether oxygens (including phenoxy) is 1. The molecule has 0 atom stereocenters. The standard InChI is InChI=1S/C20H18N2O3S/c1-22(15-9-6-10-16(11-15)25-2)20(24)18-17(12-26-19(18)21-13-23)14-7-4-3-5-8-14/h3-13H,1-2H3,(H,21,23). The lowest BCUT2D eigenvalue weighted by Gasteiger charge is -2.19. The number of nitrogens with one attached hydrogen (secondary N) is 1. The number of rotatable bonds is 6. The van der Waals surface area contributed by atoms with Crippen molar-refractivity contribution in [1.82, 2.24) is 0 Å². The van der Waals surface area contributed by atoms with E-state index in [2.05, 4.69) is 5.32 Å². The molecule has 0 aliphatic rings. The van der Waals surface area contributed by atoms with Gasteiger partial charge in [-0.15, -0.1) is 11.3 Å². The topological polar surface area (TPSA) is 58.6 Å². The molecule has 0 aliphatic heterocycles. The van der Waals surface area contributed by atoms with Gasteiger partial charge in [-0.2, -0.15) is 0 Å². The summed E-state index contributed by atoms with van der Waals surface area (Å²) in [6.45, 7) is 0. The first kappa shape index (κ1) is 17.7. The summed E-state index contributed by atoms with van der Waals surface area (Å²) in [6.07, 6.45) is 0.586. The lowest BCUT2D eigenvalue weighted by atomic mass is 10.0. The predicted octanol–water partition coefficient (Wildman–Crippen LogP) is 4.27. The Kier molecular flexibility index (Phi) is 5.34. The Morgan fingerprint density at radius 3 is 2.62 bits per heavy atom. The van der Waals surface area contributed by atoms with Gasteiger partial charge in [0.25, 0.3) is 5.91 Å². The third-order valence-corrected chi connectivity index (χ3v) is 4.94. The Balaban J connectivity index is 2.04. The molecule has 5 nitrogen and oxygen atoms in total. The van der Waals surface area contributed by atoms with Crippen molar-refractivity contribution in [2.75, 3.05) is 24.4 Å². The van der Waals surface area contributed by atoms with Crippen molar-refractivity contribution in [2.45, 2.75) is 0 Å². The number of thiophene rings is 1. The van der Waals surface area contributed by atoms with Gasteiger partial charge in [-0.3, -0.25) is 9.59 Å². The van der Waals surface area contributed by atoms with E-state index in [1.807, 2.05) is 53.9 Å². The van der Waals surface area contributed by atoms with Crippen molar-refractivity contribution in [1.29, 1.82) is 0 Å². The summed E-state index contributed by atoms with van der Waals surface area (Å²) in [5.74, 6) is 0.463. The normalized spacial score (nSPS) is 10.2. The number of carbonyl (C=O) groups excluding carboxylic acids is 2. The molecule has 1 aromatic heterocycles. The number of carbonyl (C=O) groups is 2. The lowest BCUT2D eigenvalue weighted by Crippen LogP contribution is -2.27. The number of amides is 2. The fraction of sp³-hybridized carbons (Fsp3) is 0.100. The van der Waals surface area contributed by atoms with E-state index in [-0.39, 0.29) is 5.91 Å². The summed E-state index contributed by atoms with van der Waals surface area (Å²) in [4.78, 5) is 25.8. The molecule has 0 radical (unpaired) electrons. The maximum atomic E-state index is 13.2. The third kappa shape index (κ3) is 3.45. The van der Waals surface area contributed by atoms with Crippen molar-refractivity contribution in [3.63, 3.8) is 0 Å². The van der Waals surface area contributed by atoms with E-state index < -0.39 is 0 Å². The molecular formula is C20H18N2O3S. The minimum absolute atomic E-state index is 0.206. The predicted molar refractivity (Wildman–Crippen MR) is 105 cm³/mol. The number of methoxy groups -OCH3 is 1. The van der Waals surface area contributed by atoms with Crippen LogP contribution >= 0.6 is 11.3 Å². The summed E-state index contributed by atoms with van der Waals surface area (Å²) >= 11 is 1.33. The molecule has 1 N–H and O–H groups in total. The highest BCUT2D eigenvalue weighted by Crippen LogP contribution is 2.37. The zero-order valence-corrected chi connectivity index (χ0v) is 15.2. The average molecular weight is 366 g/mol. The second kappa shape index (κ2) is 7.84. The fourth-order valence-corrected chi connectivity index (χ4v) is 3.59. The maximum absolute atomic E-state index is 13.2. The largest absolute Gasteiger partial charge is 0.497 e. The molecule has 2 amide bonds. The van der Waals surface area contributed by atoms with Gasteiger partial charge in [-0.05, 0) is 17.7 Å². The summed E-state index contributed by atoms with van der Waals surface area (Å²) in [7, 11) is 3.29.